The highest BCUT2D eigenvalue weighted by molar-refractivity contribution is 5.64. The summed E-state index contributed by atoms with van der Waals surface area (Å²) in [5.74, 6) is 1.03. The van der Waals surface area contributed by atoms with Crippen molar-refractivity contribution >= 4 is 6.09 Å². The summed E-state index contributed by atoms with van der Waals surface area (Å²) in [5, 5.41) is 4.03. The molecular weight excluding hydrogens is 356 g/mol. The fourth-order valence-corrected chi connectivity index (χ4v) is 2.88. The van der Waals surface area contributed by atoms with Crippen molar-refractivity contribution in [3.05, 3.63) is 71.9 Å². The highest BCUT2D eigenvalue weighted by Crippen LogP contribution is 2.21. The van der Waals surface area contributed by atoms with Gasteiger partial charge in [0.05, 0.1) is 12.6 Å². The van der Waals surface area contributed by atoms with Crippen molar-refractivity contribution in [3.8, 4) is 11.1 Å². The highest BCUT2D eigenvalue weighted by atomic mass is 16.5. The lowest BCUT2D eigenvalue weighted by Gasteiger charge is -2.06. The number of nitrogens with two attached hydrogens (primary N) is 2. The van der Waals surface area contributed by atoms with Gasteiger partial charge in [0.25, 0.3) is 0 Å². The van der Waals surface area contributed by atoms with E-state index < -0.39 is 6.09 Å². The van der Waals surface area contributed by atoms with E-state index in [0.29, 0.717) is 31.0 Å². The normalized spacial score (nSPS) is 11.9. The fourth-order valence-electron chi connectivity index (χ4n) is 2.88. The number of carbonyl (C=O) groups excluding carboxylic acids is 1. The summed E-state index contributed by atoms with van der Waals surface area (Å²) >= 11 is 0. The molecule has 2 aromatic carbocycles. The number of hydrogen-bond donors (Lipinski definition) is 2. The molecule has 3 rings (SSSR count). The van der Waals surface area contributed by atoms with E-state index in [1.807, 2.05) is 18.2 Å². The van der Waals surface area contributed by atoms with Gasteiger partial charge in [0, 0.05) is 6.42 Å². The van der Waals surface area contributed by atoms with Crippen molar-refractivity contribution in [3.63, 3.8) is 0 Å². The molecule has 1 atom stereocenters. The zero-order valence-electron chi connectivity index (χ0n) is 15.6. The van der Waals surface area contributed by atoms with E-state index in [1.165, 1.54) is 11.1 Å². The van der Waals surface area contributed by atoms with Crippen LogP contribution in [0.4, 0.5) is 4.79 Å². The van der Waals surface area contributed by atoms with Gasteiger partial charge in [0.15, 0.2) is 5.82 Å². The zero-order chi connectivity index (χ0) is 19.8. The van der Waals surface area contributed by atoms with Gasteiger partial charge >= 0.3 is 6.09 Å². The molecule has 1 amide bonds. The summed E-state index contributed by atoms with van der Waals surface area (Å²) in [5.41, 5.74) is 14.5. The maximum absolute atomic E-state index is 10.5. The van der Waals surface area contributed by atoms with E-state index in [9.17, 15) is 4.79 Å². The Bertz CT molecular complexity index is 878. The van der Waals surface area contributed by atoms with Crippen molar-refractivity contribution in [1.29, 1.82) is 0 Å². The summed E-state index contributed by atoms with van der Waals surface area (Å²) in [4.78, 5) is 14.9. The van der Waals surface area contributed by atoms with Crippen molar-refractivity contribution in [2.45, 2.75) is 31.7 Å². The van der Waals surface area contributed by atoms with Gasteiger partial charge in [-0.3, -0.25) is 0 Å². The number of aromatic nitrogens is 2. The van der Waals surface area contributed by atoms with E-state index >= 15 is 0 Å². The highest BCUT2D eigenvalue weighted by Gasteiger charge is 2.15. The van der Waals surface area contributed by atoms with Gasteiger partial charge in [-0.15, -0.1) is 0 Å². The molecule has 0 aliphatic carbocycles. The number of ether oxygens (including phenoxy) is 1. The van der Waals surface area contributed by atoms with Crippen molar-refractivity contribution in [2.24, 2.45) is 11.5 Å². The van der Waals surface area contributed by atoms with Gasteiger partial charge < -0.3 is 20.7 Å². The minimum atomic E-state index is -0.761. The van der Waals surface area contributed by atoms with Gasteiger partial charge in [-0.25, -0.2) is 4.79 Å². The lowest BCUT2D eigenvalue weighted by molar-refractivity contribution is 0.154. The molecule has 0 saturated heterocycles. The predicted molar refractivity (Wildman–Crippen MR) is 105 cm³/mol. The fraction of sp³-hybridized carbons (Fsp3) is 0.286. The number of primary amides is 1. The van der Waals surface area contributed by atoms with E-state index in [0.717, 1.165) is 12.0 Å². The zero-order valence-corrected chi connectivity index (χ0v) is 15.6. The Labute approximate surface area is 163 Å². The molecule has 0 radical (unpaired) electrons. The number of hydrogen-bond acceptors (Lipinski definition) is 6. The number of nitrogens with zero attached hydrogens (tertiary/aromatic N) is 2. The van der Waals surface area contributed by atoms with Gasteiger partial charge in [-0.1, -0.05) is 59.8 Å². The molecular formula is C21H24N4O3. The third-order valence-corrected chi connectivity index (χ3v) is 4.38. The SMILES string of the molecule is NC(=O)OCCCCC(N)c1nc(Cc2ccc(-c3ccccc3)cc2)no1. The Balaban J connectivity index is 1.50. The average molecular weight is 380 g/mol. The van der Waals surface area contributed by atoms with E-state index in [1.54, 1.807) is 0 Å². The second-order valence-corrected chi connectivity index (χ2v) is 6.56. The van der Waals surface area contributed by atoms with Gasteiger partial charge in [0.2, 0.25) is 5.89 Å². The topological polar surface area (TPSA) is 117 Å². The Morgan fingerprint density at radius 1 is 1.04 bits per heavy atom. The van der Waals surface area contributed by atoms with Crippen LogP contribution in [0, 0.1) is 0 Å². The molecule has 4 N–H and O–H groups in total. The van der Waals surface area contributed by atoms with Crippen LogP contribution in [0.15, 0.2) is 59.1 Å². The smallest absolute Gasteiger partial charge is 0.404 e. The maximum atomic E-state index is 10.5. The Morgan fingerprint density at radius 2 is 1.75 bits per heavy atom. The lowest BCUT2D eigenvalue weighted by Crippen LogP contribution is -2.14. The molecule has 1 heterocycles. The van der Waals surface area contributed by atoms with Crippen LogP contribution < -0.4 is 11.5 Å². The molecule has 0 saturated carbocycles. The summed E-state index contributed by atoms with van der Waals surface area (Å²) in [6.45, 7) is 0.288. The molecule has 1 unspecified atom stereocenters. The number of benzene rings is 2. The van der Waals surface area contributed by atoms with Crippen LogP contribution in [0.25, 0.3) is 11.1 Å². The summed E-state index contributed by atoms with van der Waals surface area (Å²) < 4.78 is 9.98. The molecule has 0 fully saturated rings. The van der Waals surface area contributed by atoms with Crippen LogP contribution in [0.2, 0.25) is 0 Å². The molecule has 146 valence electrons. The van der Waals surface area contributed by atoms with Crippen LogP contribution in [-0.4, -0.2) is 22.8 Å². The monoisotopic (exact) mass is 380 g/mol. The van der Waals surface area contributed by atoms with Crippen LogP contribution >= 0.6 is 0 Å². The minimum Gasteiger partial charge on any atom is -0.450 e. The third-order valence-electron chi connectivity index (χ3n) is 4.38. The average Bonchev–Trinajstić information content (AvgIpc) is 3.17. The summed E-state index contributed by atoms with van der Waals surface area (Å²) in [6.07, 6.45) is 1.94. The summed E-state index contributed by atoms with van der Waals surface area (Å²) in [7, 11) is 0. The minimum absolute atomic E-state index is 0.288. The molecule has 0 bridgehead atoms. The maximum Gasteiger partial charge on any atom is 0.404 e. The first-order valence-electron chi connectivity index (χ1n) is 9.26. The third kappa shape index (κ3) is 5.65. The van der Waals surface area contributed by atoms with Crippen LogP contribution in [0.3, 0.4) is 0 Å². The molecule has 1 aromatic heterocycles. The quantitative estimate of drug-likeness (QED) is 0.548. The first kappa shape index (κ1) is 19.6. The molecule has 0 spiro atoms. The molecule has 7 nitrogen and oxygen atoms in total. The van der Waals surface area contributed by atoms with E-state index in [2.05, 4.69) is 51.3 Å². The van der Waals surface area contributed by atoms with Crippen LogP contribution in [-0.2, 0) is 11.2 Å². The van der Waals surface area contributed by atoms with Crippen LogP contribution in [0.5, 0.6) is 0 Å². The Hall–Kier alpha value is -3.19. The molecule has 28 heavy (non-hydrogen) atoms. The van der Waals surface area contributed by atoms with Gasteiger partial charge in [-0.2, -0.15) is 4.98 Å². The Morgan fingerprint density at radius 3 is 2.46 bits per heavy atom. The molecule has 7 heteroatoms. The second-order valence-electron chi connectivity index (χ2n) is 6.56. The number of unbranched alkanes of at least 4 members (excludes halogenated alkanes) is 1. The summed E-state index contributed by atoms with van der Waals surface area (Å²) in [6, 6.07) is 18.2. The van der Waals surface area contributed by atoms with Gasteiger partial charge in [0.1, 0.15) is 0 Å². The number of amides is 1. The van der Waals surface area contributed by atoms with Crippen molar-refractivity contribution in [2.75, 3.05) is 6.61 Å². The van der Waals surface area contributed by atoms with Crippen molar-refractivity contribution in [1.82, 2.24) is 10.1 Å². The van der Waals surface area contributed by atoms with E-state index in [-0.39, 0.29) is 12.6 Å². The first-order chi connectivity index (χ1) is 13.6. The predicted octanol–water partition coefficient (Wildman–Crippen LogP) is 3.59. The molecule has 3 aromatic rings. The second kappa shape index (κ2) is 9.66. The van der Waals surface area contributed by atoms with Gasteiger partial charge in [-0.05, 0) is 36.0 Å². The standard InChI is InChI=1S/C21H24N4O3/c22-18(8-4-5-13-27-21(23)26)20-24-19(25-28-20)14-15-9-11-17(12-10-15)16-6-2-1-3-7-16/h1-3,6-7,9-12,18H,4-5,8,13-14,22H2,(H2,23,26). The molecule has 0 aliphatic heterocycles. The lowest BCUT2D eigenvalue weighted by atomic mass is 10.0. The largest absolute Gasteiger partial charge is 0.450 e. The first-order valence-corrected chi connectivity index (χ1v) is 9.26. The van der Waals surface area contributed by atoms with Crippen LogP contribution in [0.1, 0.15) is 42.6 Å². The van der Waals surface area contributed by atoms with Crippen molar-refractivity contribution < 1.29 is 14.1 Å². The number of carbonyl (C=O) groups is 1. The van der Waals surface area contributed by atoms with E-state index in [4.69, 9.17) is 16.0 Å². The molecule has 0 aliphatic rings. The Kier molecular flexibility index (Phi) is 6.75. The number of rotatable bonds is 9.